The van der Waals surface area contributed by atoms with Crippen LogP contribution in [0.2, 0.25) is 0 Å². The Morgan fingerprint density at radius 1 is 1.18 bits per heavy atom. The first kappa shape index (κ1) is 15.2. The molecule has 0 saturated carbocycles. The summed E-state index contributed by atoms with van der Waals surface area (Å²) in [7, 11) is 0. The number of likely N-dealkylation sites (tertiary alicyclic amines) is 2. The number of carboxylic acid groups (broad SMARTS) is 1. The number of aromatic nitrogens is 2. The van der Waals surface area contributed by atoms with Crippen molar-refractivity contribution in [3.8, 4) is 0 Å². The summed E-state index contributed by atoms with van der Waals surface area (Å²) >= 11 is 0. The summed E-state index contributed by atoms with van der Waals surface area (Å²) < 4.78 is 0. The van der Waals surface area contributed by atoms with Crippen LogP contribution in [0.1, 0.15) is 43.1 Å². The van der Waals surface area contributed by atoms with E-state index in [1.165, 1.54) is 10.6 Å². The van der Waals surface area contributed by atoms with Crippen LogP contribution in [0, 0.1) is 6.92 Å². The van der Waals surface area contributed by atoms with E-state index in [0.717, 1.165) is 44.6 Å². The number of nitrogens with zero attached hydrogens (tertiary/aromatic N) is 4. The van der Waals surface area contributed by atoms with Gasteiger partial charge in [-0.25, -0.2) is 14.8 Å². The second-order valence-corrected chi connectivity index (χ2v) is 6.34. The van der Waals surface area contributed by atoms with Crippen molar-refractivity contribution in [3.63, 3.8) is 0 Å². The zero-order valence-corrected chi connectivity index (χ0v) is 13.1. The largest absolute Gasteiger partial charge is 0.465 e. The van der Waals surface area contributed by atoms with Gasteiger partial charge in [-0.15, -0.1) is 0 Å². The van der Waals surface area contributed by atoms with Crippen LogP contribution in [0.3, 0.4) is 0 Å². The molecule has 1 N–H and O–H groups in total. The Morgan fingerprint density at radius 3 is 2.45 bits per heavy atom. The van der Waals surface area contributed by atoms with Gasteiger partial charge in [0.25, 0.3) is 0 Å². The van der Waals surface area contributed by atoms with Gasteiger partial charge in [0.2, 0.25) is 0 Å². The Labute approximate surface area is 131 Å². The van der Waals surface area contributed by atoms with Crippen LogP contribution in [0.25, 0.3) is 0 Å². The summed E-state index contributed by atoms with van der Waals surface area (Å²) in [4.78, 5) is 23.8. The van der Waals surface area contributed by atoms with E-state index in [0.29, 0.717) is 25.0 Å². The highest BCUT2D eigenvalue weighted by molar-refractivity contribution is 5.65. The van der Waals surface area contributed by atoms with Gasteiger partial charge >= 0.3 is 6.09 Å². The molecule has 6 heteroatoms. The van der Waals surface area contributed by atoms with Gasteiger partial charge in [0.05, 0.1) is 0 Å². The number of rotatable bonds is 2. The maximum Gasteiger partial charge on any atom is 0.407 e. The van der Waals surface area contributed by atoms with Crippen LogP contribution in [0.15, 0.2) is 12.3 Å². The van der Waals surface area contributed by atoms with Crippen molar-refractivity contribution in [3.05, 3.63) is 23.8 Å². The summed E-state index contributed by atoms with van der Waals surface area (Å²) in [5, 5.41) is 9.02. The van der Waals surface area contributed by atoms with E-state index in [-0.39, 0.29) is 0 Å². The molecule has 0 aliphatic carbocycles. The Kier molecular flexibility index (Phi) is 4.57. The molecule has 0 radical (unpaired) electrons. The number of amides is 1. The number of hydrogen-bond donors (Lipinski definition) is 1. The molecule has 0 bridgehead atoms. The molecule has 2 saturated heterocycles. The van der Waals surface area contributed by atoms with Crippen LogP contribution in [-0.4, -0.2) is 63.2 Å². The Bertz CT molecular complexity index is 521. The molecular weight excluding hydrogens is 280 g/mol. The van der Waals surface area contributed by atoms with Crippen molar-refractivity contribution in [1.29, 1.82) is 0 Å². The highest BCUT2D eigenvalue weighted by Crippen LogP contribution is 2.29. The lowest BCUT2D eigenvalue weighted by molar-refractivity contribution is 0.0809. The van der Waals surface area contributed by atoms with Crippen LogP contribution in [-0.2, 0) is 0 Å². The zero-order chi connectivity index (χ0) is 15.5. The molecule has 2 aliphatic heterocycles. The van der Waals surface area contributed by atoms with E-state index in [4.69, 9.17) is 5.11 Å². The van der Waals surface area contributed by atoms with Crippen LogP contribution >= 0.6 is 0 Å². The van der Waals surface area contributed by atoms with Gasteiger partial charge in [0, 0.05) is 36.9 Å². The number of carbonyl (C=O) groups is 1. The second-order valence-electron chi connectivity index (χ2n) is 6.34. The summed E-state index contributed by atoms with van der Waals surface area (Å²) in [5.74, 6) is 1.39. The fourth-order valence-electron chi connectivity index (χ4n) is 3.68. The summed E-state index contributed by atoms with van der Waals surface area (Å²) in [5.41, 5.74) is 1.17. The van der Waals surface area contributed by atoms with Crippen molar-refractivity contribution in [2.45, 2.75) is 44.6 Å². The third-order valence-electron chi connectivity index (χ3n) is 5.00. The van der Waals surface area contributed by atoms with Gasteiger partial charge in [-0.05, 0) is 51.8 Å². The average Bonchev–Trinajstić information content (AvgIpc) is 2.55. The average molecular weight is 304 g/mol. The number of piperidine rings is 2. The molecule has 6 nitrogen and oxygen atoms in total. The van der Waals surface area contributed by atoms with E-state index >= 15 is 0 Å². The van der Waals surface area contributed by atoms with Gasteiger partial charge in [-0.3, -0.25) is 0 Å². The normalized spacial score (nSPS) is 22.0. The molecule has 0 aromatic carbocycles. The molecular formula is C16H24N4O2. The molecule has 1 amide bonds. The SMILES string of the molecule is Cc1nccc(C2CCN(C3CCN(C(=O)O)CC3)CC2)n1. The third-order valence-corrected chi connectivity index (χ3v) is 5.00. The Morgan fingerprint density at radius 2 is 1.86 bits per heavy atom. The van der Waals surface area contributed by atoms with E-state index in [2.05, 4.69) is 14.9 Å². The smallest absolute Gasteiger partial charge is 0.407 e. The van der Waals surface area contributed by atoms with Crippen molar-refractivity contribution in [1.82, 2.24) is 19.8 Å². The minimum Gasteiger partial charge on any atom is -0.465 e. The lowest BCUT2D eigenvalue weighted by Gasteiger charge is -2.41. The fraction of sp³-hybridized carbons (Fsp3) is 0.688. The maximum atomic E-state index is 11.0. The maximum absolute atomic E-state index is 11.0. The van der Waals surface area contributed by atoms with E-state index in [1.807, 2.05) is 19.2 Å². The molecule has 22 heavy (non-hydrogen) atoms. The highest BCUT2D eigenvalue weighted by atomic mass is 16.4. The number of aryl methyl sites for hydroxylation is 1. The predicted molar refractivity (Wildman–Crippen MR) is 82.9 cm³/mol. The molecule has 0 unspecified atom stereocenters. The van der Waals surface area contributed by atoms with Gasteiger partial charge in [-0.1, -0.05) is 0 Å². The molecule has 2 fully saturated rings. The lowest BCUT2D eigenvalue weighted by atomic mass is 9.91. The first-order chi connectivity index (χ1) is 10.6. The van der Waals surface area contributed by atoms with E-state index in [1.54, 1.807) is 0 Å². The quantitative estimate of drug-likeness (QED) is 0.906. The zero-order valence-electron chi connectivity index (χ0n) is 13.1. The number of hydrogen-bond acceptors (Lipinski definition) is 4. The highest BCUT2D eigenvalue weighted by Gasteiger charge is 2.30. The first-order valence-corrected chi connectivity index (χ1v) is 8.15. The second kappa shape index (κ2) is 6.60. The predicted octanol–water partition coefficient (Wildman–Crippen LogP) is 2.11. The van der Waals surface area contributed by atoms with Gasteiger partial charge in [-0.2, -0.15) is 0 Å². The van der Waals surface area contributed by atoms with Crippen LogP contribution in [0.5, 0.6) is 0 Å². The molecule has 0 spiro atoms. The van der Waals surface area contributed by atoms with Gasteiger partial charge in [0.1, 0.15) is 5.82 Å². The van der Waals surface area contributed by atoms with Crippen LogP contribution < -0.4 is 0 Å². The van der Waals surface area contributed by atoms with E-state index in [9.17, 15) is 4.79 Å². The fourth-order valence-corrected chi connectivity index (χ4v) is 3.68. The van der Waals surface area contributed by atoms with Crippen molar-refractivity contribution in [2.75, 3.05) is 26.2 Å². The molecule has 1 aromatic heterocycles. The Balaban J connectivity index is 1.51. The van der Waals surface area contributed by atoms with Gasteiger partial charge in [0.15, 0.2) is 0 Å². The molecule has 1 aromatic rings. The third kappa shape index (κ3) is 3.38. The topological polar surface area (TPSA) is 69.6 Å². The summed E-state index contributed by atoms with van der Waals surface area (Å²) in [6.45, 7) is 5.46. The van der Waals surface area contributed by atoms with E-state index < -0.39 is 6.09 Å². The standard InChI is InChI=1S/C16H24N4O2/c1-12-17-7-2-15(18-12)13-3-8-19(9-4-13)14-5-10-20(11-6-14)16(21)22/h2,7,13-14H,3-6,8-11H2,1H3,(H,21,22). The van der Waals surface area contributed by atoms with Crippen molar-refractivity contribution >= 4 is 6.09 Å². The lowest BCUT2D eigenvalue weighted by Crippen LogP contribution is -2.48. The summed E-state index contributed by atoms with van der Waals surface area (Å²) in [6.07, 6.45) is 5.26. The van der Waals surface area contributed by atoms with Gasteiger partial charge < -0.3 is 14.9 Å². The minimum absolute atomic E-state index is 0.539. The minimum atomic E-state index is -0.781. The summed E-state index contributed by atoms with van der Waals surface area (Å²) in [6, 6.07) is 2.59. The molecule has 2 aliphatic rings. The van der Waals surface area contributed by atoms with Crippen LogP contribution in [0.4, 0.5) is 4.79 Å². The van der Waals surface area contributed by atoms with Crippen molar-refractivity contribution < 1.29 is 9.90 Å². The Hall–Kier alpha value is -1.69. The monoisotopic (exact) mass is 304 g/mol. The molecule has 3 rings (SSSR count). The van der Waals surface area contributed by atoms with Crippen molar-refractivity contribution in [2.24, 2.45) is 0 Å². The molecule has 120 valence electrons. The molecule has 0 atom stereocenters. The molecule has 3 heterocycles. The first-order valence-electron chi connectivity index (χ1n) is 8.15.